The minimum atomic E-state index is -0.194. The van der Waals surface area contributed by atoms with Crippen LogP contribution in [0.15, 0.2) is 41.8 Å². The molecule has 0 N–H and O–H groups in total. The van der Waals surface area contributed by atoms with E-state index >= 15 is 0 Å². The predicted octanol–water partition coefficient (Wildman–Crippen LogP) is 3.20. The van der Waals surface area contributed by atoms with Crippen LogP contribution in [0.25, 0.3) is 0 Å². The standard InChI is InChI=1S/C19H23FN6S/c1-2-18(19-21-22-23-26(19)14-17-4-3-13-27-17)25-11-9-24(10-12-25)16-7-5-15(20)6-8-16/h3-8,13,18H,2,9-12,14H2,1H3/t18-/m0/s1. The Bertz CT molecular complexity index is 839. The van der Waals surface area contributed by atoms with Gasteiger partial charge < -0.3 is 4.90 Å². The van der Waals surface area contributed by atoms with Crippen LogP contribution in [0.3, 0.4) is 0 Å². The van der Waals surface area contributed by atoms with Crippen molar-refractivity contribution in [3.8, 4) is 0 Å². The average Bonchev–Trinajstić information content (AvgIpc) is 3.37. The Hall–Kier alpha value is -2.32. The summed E-state index contributed by atoms with van der Waals surface area (Å²) < 4.78 is 15.1. The molecule has 0 amide bonds. The highest BCUT2D eigenvalue weighted by Crippen LogP contribution is 2.26. The van der Waals surface area contributed by atoms with Gasteiger partial charge in [0.25, 0.3) is 0 Å². The van der Waals surface area contributed by atoms with Crippen LogP contribution in [-0.2, 0) is 6.54 Å². The first-order valence-electron chi connectivity index (χ1n) is 9.27. The maximum Gasteiger partial charge on any atom is 0.168 e. The Morgan fingerprint density at radius 3 is 2.56 bits per heavy atom. The second-order valence-electron chi connectivity index (χ2n) is 6.70. The third-order valence-corrected chi connectivity index (χ3v) is 5.94. The Morgan fingerprint density at radius 2 is 1.89 bits per heavy atom. The van der Waals surface area contributed by atoms with Gasteiger partial charge >= 0.3 is 0 Å². The van der Waals surface area contributed by atoms with Crippen molar-refractivity contribution in [3.63, 3.8) is 0 Å². The minimum absolute atomic E-state index is 0.194. The van der Waals surface area contributed by atoms with Crippen LogP contribution in [0, 0.1) is 5.82 Å². The normalized spacial score (nSPS) is 16.6. The van der Waals surface area contributed by atoms with E-state index in [2.05, 4.69) is 49.8 Å². The highest BCUT2D eigenvalue weighted by molar-refractivity contribution is 7.09. The second-order valence-corrected chi connectivity index (χ2v) is 7.73. The molecule has 1 aliphatic rings. The van der Waals surface area contributed by atoms with Crippen LogP contribution in [0.1, 0.15) is 30.1 Å². The monoisotopic (exact) mass is 386 g/mol. The van der Waals surface area contributed by atoms with Gasteiger partial charge in [0.1, 0.15) is 5.82 Å². The van der Waals surface area contributed by atoms with Crippen LogP contribution in [0.4, 0.5) is 10.1 Å². The summed E-state index contributed by atoms with van der Waals surface area (Å²) in [4.78, 5) is 6.01. The van der Waals surface area contributed by atoms with Gasteiger partial charge in [0.2, 0.25) is 0 Å². The van der Waals surface area contributed by atoms with Crippen LogP contribution >= 0.6 is 11.3 Å². The lowest BCUT2D eigenvalue weighted by atomic mass is 10.1. The lowest BCUT2D eigenvalue weighted by molar-refractivity contribution is 0.169. The molecule has 1 atom stereocenters. The van der Waals surface area contributed by atoms with Crippen LogP contribution < -0.4 is 4.90 Å². The van der Waals surface area contributed by atoms with Gasteiger partial charge in [-0.05, 0) is 52.6 Å². The van der Waals surface area contributed by atoms with Crippen molar-refractivity contribution in [3.05, 3.63) is 58.3 Å². The molecule has 1 saturated heterocycles. The van der Waals surface area contributed by atoms with Crippen molar-refractivity contribution in [2.75, 3.05) is 31.1 Å². The molecule has 3 aromatic rings. The van der Waals surface area contributed by atoms with E-state index in [0.29, 0.717) is 6.54 Å². The Balaban J connectivity index is 1.44. The maximum atomic E-state index is 13.2. The number of piperazine rings is 1. The molecule has 0 saturated carbocycles. The zero-order chi connectivity index (χ0) is 18.6. The molecule has 0 unspecified atom stereocenters. The fourth-order valence-corrected chi connectivity index (χ4v) is 4.35. The van der Waals surface area contributed by atoms with Crippen molar-refractivity contribution in [1.29, 1.82) is 0 Å². The van der Waals surface area contributed by atoms with Gasteiger partial charge in [0.15, 0.2) is 5.82 Å². The van der Waals surface area contributed by atoms with E-state index in [4.69, 9.17) is 0 Å². The lowest BCUT2D eigenvalue weighted by Gasteiger charge is -2.39. The summed E-state index contributed by atoms with van der Waals surface area (Å²) in [5.74, 6) is 0.738. The summed E-state index contributed by atoms with van der Waals surface area (Å²) in [6, 6.07) is 11.1. The van der Waals surface area contributed by atoms with E-state index in [9.17, 15) is 4.39 Å². The molecule has 6 nitrogen and oxygen atoms in total. The number of nitrogens with zero attached hydrogens (tertiary/aromatic N) is 6. The van der Waals surface area contributed by atoms with Crippen LogP contribution in [0.5, 0.6) is 0 Å². The van der Waals surface area contributed by atoms with E-state index in [0.717, 1.165) is 44.1 Å². The van der Waals surface area contributed by atoms with Crippen LogP contribution in [0.2, 0.25) is 0 Å². The molecule has 1 aromatic carbocycles. The third kappa shape index (κ3) is 4.01. The van der Waals surface area contributed by atoms with E-state index < -0.39 is 0 Å². The zero-order valence-electron chi connectivity index (χ0n) is 15.3. The summed E-state index contributed by atoms with van der Waals surface area (Å²) in [7, 11) is 0. The molecule has 0 spiro atoms. The molecular formula is C19H23FN6S. The smallest absolute Gasteiger partial charge is 0.168 e. The molecule has 3 heterocycles. The van der Waals surface area contributed by atoms with Gasteiger partial charge in [-0.25, -0.2) is 9.07 Å². The van der Waals surface area contributed by atoms with Crippen molar-refractivity contribution in [1.82, 2.24) is 25.1 Å². The first kappa shape index (κ1) is 18.1. The number of hydrogen-bond acceptors (Lipinski definition) is 6. The topological polar surface area (TPSA) is 50.1 Å². The molecule has 1 aliphatic heterocycles. The Morgan fingerprint density at radius 1 is 1.11 bits per heavy atom. The minimum Gasteiger partial charge on any atom is -0.369 e. The van der Waals surface area contributed by atoms with Crippen molar-refractivity contribution >= 4 is 17.0 Å². The van der Waals surface area contributed by atoms with Crippen molar-refractivity contribution < 1.29 is 4.39 Å². The van der Waals surface area contributed by atoms with Crippen molar-refractivity contribution in [2.45, 2.75) is 25.9 Å². The summed E-state index contributed by atoms with van der Waals surface area (Å²) >= 11 is 1.72. The third-order valence-electron chi connectivity index (χ3n) is 5.08. The molecule has 0 radical (unpaired) electrons. The summed E-state index contributed by atoms with van der Waals surface area (Å²) in [5, 5.41) is 14.6. The van der Waals surface area contributed by atoms with Gasteiger partial charge in [-0.2, -0.15) is 0 Å². The average molecular weight is 387 g/mol. The SMILES string of the molecule is CC[C@@H](c1nnnn1Cc1cccs1)N1CCN(c2ccc(F)cc2)CC1. The van der Waals surface area contributed by atoms with E-state index in [-0.39, 0.29) is 11.9 Å². The fourth-order valence-electron chi connectivity index (χ4n) is 3.66. The van der Waals surface area contributed by atoms with E-state index in [1.54, 1.807) is 11.3 Å². The first-order valence-corrected chi connectivity index (χ1v) is 10.2. The van der Waals surface area contributed by atoms with Gasteiger partial charge in [0, 0.05) is 36.7 Å². The van der Waals surface area contributed by atoms with E-state index in [1.165, 1.54) is 17.0 Å². The number of thiophene rings is 1. The van der Waals surface area contributed by atoms with E-state index in [1.807, 2.05) is 16.8 Å². The molecular weight excluding hydrogens is 363 g/mol. The number of rotatable bonds is 6. The highest BCUT2D eigenvalue weighted by Gasteiger charge is 2.28. The predicted molar refractivity (Wildman–Crippen MR) is 104 cm³/mol. The number of tetrazole rings is 1. The molecule has 0 bridgehead atoms. The molecule has 27 heavy (non-hydrogen) atoms. The Kier molecular flexibility index (Phi) is 5.45. The molecule has 8 heteroatoms. The Labute approximate surface area is 162 Å². The number of anilines is 1. The van der Waals surface area contributed by atoms with Gasteiger partial charge in [-0.15, -0.1) is 16.4 Å². The fraction of sp³-hybridized carbons (Fsp3) is 0.421. The number of benzene rings is 1. The number of hydrogen-bond donors (Lipinski definition) is 0. The largest absolute Gasteiger partial charge is 0.369 e. The van der Waals surface area contributed by atoms with Gasteiger partial charge in [-0.1, -0.05) is 13.0 Å². The number of aromatic nitrogens is 4. The summed E-state index contributed by atoms with van der Waals surface area (Å²) in [5.41, 5.74) is 1.08. The second kappa shape index (κ2) is 8.14. The zero-order valence-corrected chi connectivity index (χ0v) is 16.1. The van der Waals surface area contributed by atoms with Gasteiger partial charge in [-0.3, -0.25) is 4.90 Å². The van der Waals surface area contributed by atoms with Crippen molar-refractivity contribution in [2.24, 2.45) is 0 Å². The summed E-state index contributed by atoms with van der Waals surface area (Å²) in [6.07, 6.45) is 0.960. The quantitative estimate of drug-likeness (QED) is 0.651. The molecule has 2 aromatic heterocycles. The maximum absolute atomic E-state index is 13.2. The van der Waals surface area contributed by atoms with Crippen LogP contribution in [-0.4, -0.2) is 51.3 Å². The summed E-state index contributed by atoms with van der Waals surface area (Å²) in [6.45, 7) is 6.58. The van der Waals surface area contributed by atoms with Gasteiger partial charge in [0.05, 0.1) is 12.6 Å². The highest BCUT2D eigenvalue weighted by atomic mass is 32.1. The first-order chi connectivity index (χ1) is 13.2. The molecule has 4 rings (SSSR count). The number of halogens is 1. The molecule has 1 fully saturated rings. The lowest BCUT2D eigenvalue weighted by Crippen LogP contribution is -2.48. The molecule has 142 valence electrons. The molecule has 0 aliphatic carbocycles.